The van der Waals surface area contributed by atoms with Crippen LogP contribution in [0.3, 0.4) is 0 Å². The van der Waals surface area contributed by atoms with Crippen molar-refractivity contribution >= 4 is 17.4 Å². The van der Waals surface area contributed by atoms with Crippen LogP contribution < -0.4 is 10.2 Å². The van der Waals surface area contributed by atoms with E-state index in [9.17, 15) is 0 Å². The SMILES string of the molecule is CNCc1nc(N(C)C2CC2)ccc1Cl. The molecule has 0 aromatic carbocycles. The molecule has 4 heteroatoms. The molecule has 1 aromatic heterocycles. The van der Waals surface area contributed by atoms with Crippen molar-refractivity contribution in [1.82, 2.24) is 10.3 Å². The van der Waals surface area contributed by atoms with E-state index in [1.54, 1.807) is 0 Å². The lowest BCUT2D eigenvalue weighted by Crippen LogP contribution is -2.21. The van der Waals surface area contributed by atoms with E-state index in [0.29, 0.717) is 12.6 Å². The summed E-state index contributed by atoms with van der Waals surface area (Å²) in [6.45, 7) is 0.713. The van der Waals surface area contributed by atoms with Gasteiger partial charge < -0.3 is 10.2 Å². The zero-order valence-corrected chi connectivity index (χ0v) is 9.88. The zero-order valence-electron chi connectivity index (χ0n) is 9.13. The molecule has 1 fully saturated rings. The fourth-order valence-corrected chi connectivity index (χ4v) is 1.78. The van der Waals surface area contributed by atoms with Gasteiger partial charge in [-0.15, -0.1) is 0 Å². The van der Waals surface area contributed by atoms with Gasteiger partial charge in [-0.2, -0.15) is 0 Å². The summed E-state index contributed by atoms with van der Waals surface area (Å²) in [7, 11) is 3.99. The molecule has 1 heterocycles. The second kappa shape index (κ2) is 4.37. The maximum absolute atomic E-state index is 6.05. The Morgan fingerprint density at radius 1 is 1.53 bits per heavy atom. The van der Waals surface area contributed by atoms with Crippen molar-refractivity contribution < 1.29 is 0 Å². The first kappa shape index (κ1) is 10.7. The lowest BCUT2D eigenvalue weighted by atomic mass is 10.3. The van der Waals surface area contributed by atoms with Crippen molar-refractivity contribution in [1.29, 1.82) is 0 Å². The van der Waals surface area contributed by atoms with Crippen LogP contribution in [0.2, 0.25) is 5.02 Å². The predicted molar refractivity (Wildman–Crippen MR) is 63.4 cm³/mol. The number of hydrogen-bond acceptors (Lipinski definition) is 3. The number of anilines is 1. The smallest absolute Gasteiger partial charge is 0.128 e. The second-order valence-electron chi connectivity index (χ2n) is 3.97. The molecule has 0 spiro atoms. The fraction of sp³-hybridized carbons (Fsp3) is 0.545. The molecule has 1 aliphatic rings. The van der Waals surface area contributed by atoms with Gasteiger partial charge in [0, 0.05) is 19.6 Å². The number of rotatable bonds is 4. The van der Waals surface area contributed by atoms with Crippen LogP contribution in [0.25, 0.3) is 0 Å². The van der Waals surface area contributed by atoms with Gasteiger partial charge >= 0.3 is 0 Å². The van der Waals surface area contributed by atoms with Crippen LogP contribution in [0.4, 0.5) is 5.82 Å². The van der Waals surface area contributed by atoms with Crippen molar-refractivity contribution in [3.05, 3.63) is 22.8 Å². The second-order valence-corrected chi connectivity index (χ2v) is 4.38. The monoisotopic (exact) mass is 225 g/mol. The average Bonchev–Trinajstić information content (AvgIpc) is 3.04. The molecule has 1 aromatic rings. The molecule has 3 nitrogen and oxygen atoms in total. The van der Waals surface area contributed by atoms with Gasteiger partial charge in [-0.1, -0.05) is 11.6 Å². The molecule has 0 atom stereocenters. The molecule has 0 bridgehead atoms. The third kappa shape index (κ3) is 2.41. The molecule has 1 N–H and O–H groups in total. The highest BCUT2D eigenvalue weighted by molar-refractivity contribution is 6.31. The van der Waals surface area contributed by atoms with Crippen LogP contribution in [0, 0.1) is 0 Å². The minimum Gasteiger partial charge on any atom is -0.357 e. The van der Waals surface area contributed by atoms with Crippen molar-refractivity contribution in [3.63, 3.8) is 0 Å². The molecule has 0 radical (unpaired) electrons. The standard InChI is InChI=1S/C11H16ClN3/c1-13-7-10-9(12)5-6-11(14-10)15(2)8-3-4-8/h5-6,8,13H,3-4,7H2,1-2H3. The van der Waals surface area contributed by atoms with Crippen molar-refractivity contribution in [2.75, 3.05) is 19.0 Å². The molecular formula is C11H16ClN3. The predicted octanol–water partition coefficient (Wildman–Crippen LogP) is 2.05. The van der Waals surface area contributed by atoms with E-state index in [1.165, 1.54) is 12.8 Å². The van der Waals surface area contributed by atoms with E-state index in [0.717, 1.165) is 16.5 Å². The summed E-state index contributed by atoms with van der Waals surface area (Å²) in [6, 6.07) is 4.59. The van der Waals surface area contributed by atoms with E-state index in [4.69, 9.17) is 11.6 Å². The first-order valence-electron chi connectivity index (χ1n) is 5.25. The maximum Gasteiger partial charge on any atom is 0.128 e. The van der Waals surface area contributed by atoms with Crippen LogP contribution >= 0.6 is 11.6 Å². The van der Waals surface area contributed by atoms with Crippen LogP contribution in [-0.2, 0) is 6.54 Å². The molecule has 1 aliphatic carbocycles. The summed E-state index contributed by atoms with van der Waals surface area (Å²) in [6.07, 6.45) is 2.56. The third-order valence-electron chi connectivity index (χ3n) is 2.70. The van der Waals surface area contributed by atoms with Crippen LogP contribution in [0.1, 0.15) is 18.5 Å². The normalized spacial score (nSPS) is 15.4. The number of nitrogens with zero attached hydrogens (tertiary/aromatic N) is 2. The third-order valence-corrected chi connectivity index (χ3v) is 3.05. The van der Waals surface area contributed by atoms with E-state index in [2.05, 4.69) is 22.2 Å². The van der Waals surface area contributed by atoms with Gasteiger partial charge in [0.05, 0.1) is 10.7 Å². The molecule has 0 aliphatic heterocycles. The minimum atomic E-state index is 0.682. The molecule has 1 saturated carbocycles. The molecular weight excluding hydrogens is 210 g/mol. The topological polar surface area (TPSA) is 28.2 Å². The molecule has 82 valence electrons. The van der Waals surface area contributed by atoms with Gasteiger partial charge in [0.2, 0.25) is 0 Å². The zero-order chi connectivity index (χ0) is 10.8. The number of halogens is 1. The van der Waals surface area contributed by atoms with Crippen LogP contribution in [0.5, 0.6) is 0 Å². The molecule has 0 saturated heterocycles. The summed E-state index contributed by atoms with van der Waals surface area (Å²) in [5, 5.41) is 3.80. The molecule has 2 rings (SSSR count). The van der Waals surface area contributed by atoms with Crippen molar-refractivity contribution in [3.8, 4) is 0 Å². The maximum atomic E-state index is 6.05. The summed E-state index contributed by atoms with van der Waals surface area (Å²) in [5.74, 6) is 1.02. The lowest BCUT2D eigenvalue weighted by molar-refractivity contribution is 0.783. The highest BCUT2D eigenvalue weighted by atomic mass is 35.5. The van der Waals surface area contributed by atoms with Gasteiger partial charge in [0.15, 0.2) is 0 Å². The van der Waals surface area contributed by atoms with E-state index >= 15 is 0 Å². The van der Waals surface area contributed by atoms with Crippen molar-refractivity contribution in [2.45, 2.75) is 25.4 Å². The number of aromatic nitrogens is 1. The summed E-state index contributed by atoms with van der Waals surface area (Å²) >= 11 is 6.05. The van der Waals surface area contributed by atoms with Gasteiger partial charge in [-0.05, 0) is 32.0 Å². The largest absolute Gasteiger partial charge is 0.357 e. The quantitative estimate of drug-likeness (QED) is 0.850. The Labute approximate surface area is 95.4 Å². The minimum absolute atomic E-state index is 0.682. The Morgan fingerprint density at radius 3 is 2.87 bits per heavy atom. The highest BCUT2D eigenvalue weighted by Crippen LogP contribution is 2.30. The molecule has 0 amide bonds. The summed E-state index contributed by atoms with van der Waals surface area (Å²) in [4.78, 5) is 6.79. The number of hydrogen-bond donors (Lipinski definition) is 1. The Bertz CT molecular complexity index is 350. The summed E-state index contributed by atoms with van der Waals surface area (Å²) in [5.41, 5.74) is 0.921. The van der Waals surface area contributed by atoms with Gasteiger partial charge in [-0.25, -0.2) is 4.98 Å². The van der Waals surface area contributed by atoms with Gasteiger partial charge in [0.1, 0.15) is 5.82 Å². The van der Waals surface area contributed by atoms with Crippen LogP contribution in [0.15, 0.2) is 12.1 Å². The highest BCUT2D eigenvalue weighted by Gasteiger charge is 2.27. The van der Waals surface area contributed by atoms with Crippen LogP contribution in [-0.4, -0.2) is 25.1 Å². The van der Waals surface area contributed by atoms with E-state index < -0.39 is 0 Å². The average molecular weight is 226 g/mol. The fourth-order valence-electron chi connectivity index (χ4n) is 1.61. The molecule has 0 unspecified atom stereocenters. The van der Waals surface area contributed by atoms with E-state index in [1.807, 2.05) is 19.2 Å². The van der Waals surface area contributed by atoms with Crippen molar-refractivity contribution in [2.24, 2.45) is 0 Å². The summed E-state index contributed by atoms with van der Waals surface area (Å²) < 4.78 is 0. The van der Waals surface area contributed by atoms with Gasteiger partial charge in [-0.3, -0.25) is 0 Å². The first-order valence-corrected chi connectivity index (χ1v) is 5.63. The number of nitrogens with one attached hydrogen (secondary N) is 1. The van der Waals surface area contributed by atoms with E-state index in [-0.39, 0.29) is 0 Å². The Hall–Kier alpha value is -0.800. The first-order chi connectivity index (χ1) is 7.22. The van der Waals surface area contributed by atoms with Gasteiger partial charge in [0.25, 0.3) is 0 Å². The Morgan fingerprint density at radius 2 is 2.27 bits per heavy atom. The number of pyridine rings is 1. The Balaban J connectivity index is 2.20. The lowest BCUT2D eigenvalue weighted by Gasteiger charge is -2.18. The molecule has 15 heavy (non-hydrogen) atoms. The Kier molecular flexibility index (Phi) is 3.12.